The molecule has 18 heavy (non-hydrogen) atoms. The van der Waals surface area contributed by atoms with E-state index in [1.807, 2.05) is 18.2 Å². The summed E-state index contributed by atoms with van der Waals surface area (Å²) in [4.78, 5) is 2.43. The molecule has 1 aliphatic rings. The van der Waals surface area contributed by atoms with Crippen molar-refractivity contribution in [2.45, 2.75) is 26.3 Å². The van der Waals surface area contributed by atoms with Gasteiger partial charge in [0.15, 0.2) is 0 Å². The lowest BCUT2D eigenvalue weighted by Gasteiger charge is -2.28. The van der Waals surface area contributed by atoms with Crippen LogP contribution >= 0.6 is 23.2 Å². The Balaban J connectivity index is 2.17. The molecule has 2 nitrogen and oxygen atoms in total. The minimum atomic E-state index is 0.235. The maximum atomic E-state index is 6.26. The zero-order valence-electron chi connectivity index (χ0n) is 10.9. The van der Waals surface area contributed by atoms with Crippen LogP contribution in [0.4, 0.5) is 0 Å². The van der Waals surface area contributed by atoms with Crippen molar-refractivity contribution in [2.75, 3.05) is 19.6 Å². The molecule has 1 fully saturated rings. The predicted molar refractivity (Wildman–Crippen MR) is 78.2 cm³/mol. The molecule has 1 aliphatic heterocycles. The smallest absolute Gasteiger partial charge is 0.0454 e. The van der Waals surface area contributed by atoms with Crippen LogP contribution in [0.25, 0.3) is 0 Å². The summed E-state index contributed by atoms with van der Waals surface area (Å²) in [6.07, 6.45) is 1.14. The predicted octanol–water partition coefficient (Wildman–Crippen LogP) is 3.73. The molecule has 2 atom stereocenters. The zero-order chi connectivity index (χ0) is 13.3. The van der Waals surface area contributed by atoms with Crippen LogP contribution in [0.3, 0.4) is 0 Å². The number of nitrogens with two attached hydrogens (primary N) is 1. The monoisotopic (exact) mass is 286 g/mol. The van der Waals surface area contributed by atoms with E-state index in [9.17, 15) is 0 Å². The van der Waals surface area contributed by atoms with Crippen LogP contribution in [-0.2, 0) is 0 Å². The topological polar surface area (TPSA) is 29.3 Å². The summed E-state index contributed by atoms with van der Waals surface area (Å²) in [5, 5.41) is 1.52. The third-order valence-corrected chi connectivity index (χ3v) is 4.62. The van der Waals surface area contributed by atoms with E-state index in [0.717, 1.165) is 41.7 Å². The first kappa shape index (κ1) is 14.1. The summed E-state index contributed by atoms with van der Waals surface area (Å²) in [5.74, 6) is 0. The fourth-order valence-corrected chi connectivity index (χ4v) is 3.05. The average Bonchev–Trinajstić information content (AvgIpc) is 2.75. The molecule has 0 aromatic heterocycles. The van der Waals surface area contributed by atoms with Gasteiger partial charge in [-0.15, -0.1) is 0 Å². The molecule has 100 valence electrons. The second-order valence-electron chi connectivity index (χ2n) is 5.58. The van der Waals surface area contributed by atoms with Gasteiger partial charge in [-0.25, -0.2) is 0 Å². The highest BCUT2D eigenvalue weighted by molar-refractivity contribution is 6.33. The lowest BCUT2D eigenvalue weighted by atomic mass is 9.90. The SMILES string of the molecule is CC(c1cc(Cl)ccc1Cl)N1CCC(C)(CN)C1. The largest absolute Gasteiger partial charge is 0.330 e. The van der Waals surface area contributed by atoms with Crippen molar-refractivity contribution >= 4 is 23.2 Å². The van der Waals surface area contributed by atoms with Crippen molar-refractivity contribution in [2.24, 2.45) is 11.1 Å². The van der Waals surface area contributed by atoms with Crippen LogP contribution in [0.1, 0.15) is 31.9 Å². The number of benzene rings is 1. The molecule has 0 amide bonds. The van der Waals surface area contributed by atoms with Crippen LogP contribution in [-0.4, -0.2) is 24.5 Å². The van der Waals surface area contributed by atoms with Gasteiger partial charge in [-0.1, -0.05) is 30.1 Å². The van der Waals surface area contributed by atoms with Crippen LogP contribution < -0.4 is 5.73 Å². The first-order valence-electron chi connectivity index (χ1n) is 6.34. The molecule has 1 saturated heterocycles. The summed E-state index contributed by atoms with van der Waals surface area (Å²) < 4.78 is 0. The fourth-order valence-electron chi connectivity index (χ4n) is 2.59. The van der Waals surface area contributed by atoms with Gasteiger partial charge in [-0.3, -0.25) is 4.90 Å². The first-order chi connectivity index (χ1) is 8.45. The summed E-state index contributed by atoms with van der Waals surface area (Å²) in [6.45, 7) is 7.25. The number of rotatable bonds is 3. The molecule has 0 spiro atoms. The van der Waals surface area contributed by atoms with E-state index >= 15 is 0 Å². The second-order valence-corrected chi connectivity index (χ2v) is 6.42. The fraction of sp³-hybridized carbons (Fsp3) is 0.571. The number of nitrogens with zero attached hydrogens (tertiary/aromatic N) is 1. The van der Waals surface area contributed by atoms with Gasteiger partial charge in [-0.05, 0) is 55.6 Å². The van der Waals surface area contributed by atoms with Gasteiger partial charge in [0.2, 0.25) is 0 Å². The number of likely N-dealkylation sites (tertiary alicyclic amines) is 1. The van der Waals surface area contributed by atoms with Gasteiger partial charge in [-0.2, -0.15) is 0 Å². The molecule has 4 heteroatoms. The molecule has 0 saturated carbocycles. The maximum absolute atomic E-state index is 6.26. The Morgan fingerprint density at radius 1 is 1.44 bits per heavy atom. The lowest BCUT2D eigenvalue weighted by Crippen LogP contribution is -2.32. The highest BCUT2D eigenvalue weighted by Gasteiger charge is 2.35. The van der Waals surface area contributed by atoms with Crippen molar-refractivity contribution in [1.82, 2.24) is 4.90 Å². The lowest BCUT2D eigenvalue weighted by molar-refractivity contribution is 0.227. The Labute approximate surface area is 119 Å². The van der Waals surface area contributed by atoms with Gasteiger partial charge in [0.05, 0.1) is 0 Å². The van der Waals surface area contributed by atoms with Crippen molar-refractivity contribution in [3.05, 3.63) is 33.8 Å². The maximum Gasteiger partial charge on any atom is 0.0454 e. The van der Waals surface area contributed by atoms with Crippen molar-refractivity contribution < 1.29 is 0 Å². The number of hydrogen-bond acceptors (Lipinski definition) is 2. The van der Waals surface area contributed by atoms with Crippen LogP contribution in [0.5, 0.6) is 0 Å². The quantitative estimate of drug-likeness (QED) is 0.918. The molecule has 2 unspecified atom stereocenters. The van der Waals surface area contributed by atoms with E-state index in [4.69, 9.17) is 28.9 Å². The van der Waals surface area contributed by atoms with E-state index in [-0.39, 0.29) is 11.5 Å². The Bertz CT molecular complexity index is 436. The number of halogens is 2. The first-order valence-corrected chi connectivity index (χ1v) is 7.10. The van der Waals surface area contributed by atoms with E-state index in [2.05, 4.69) is 18.7 Å². The molecule has 2 rings (SSSR count). The number of hydrogen-bond donors (Lipinski definition) is 1. The average molecular weight is 287 g/mol. The summed E-state index contributed by atoms with van der Waals surface area (Å²) in [7, 11) is 0. The van der Waals surface area contributed by atoms with Gasteiger partial charge >= 0.3 is 0 Å². The van der Waals surface area contributed by atoms with Gasteiger partial charge in [0.25, 0.3) is 0 Å². The normalized spacial score (nSPS) is 26.5. The Kier molecular flexibility index (Phi) is 4.22. The molecule has 1 aromatic carbocycles. The van der Waals surface area contributed by atoms with Gasteiger partial charge < -0.3 is 5.73 Å². The molecule has 0 aliphatic carbocycles. The van der Waals surface area contributed by atoms with Gasteiger partial charge in [0, 0.05) is 22.6 Å². The minimum Gasteiger partial charge on any atom is -0.330 e. The van der Waals surface area contributed by atoms with E-state index in [1.165, 1.54) is 0 Å². The van der Waals surface area contributed by atoms with Gasteiger partial charge in [0.1, 0.15) is 0 Å². The molecule has 1 heterocycles. The minimum absolute atomic E-state index is 0.235. The third kappa shape index (κ3) is 2.83. The Hall–Kier alpha value is -0.280. The Morgan fingerprint density at radius 3 is 2.78 bits per heavy atom. The summed E-state index contributed by atoms with van der Waals surface area (Å²) in [6, 6.07) is 5.94. The van der Waals surface area contributed by atoms with E-state index < -0.39 is 0 Å². The van der Waals surface area contributed by atoms with E-state index in [1.54, 1.807) is 0 Å². The zero-order valence-corrected chi connectivity index (χ0v) is 12.4. The van der Waals surface area contributed by atoms with Crippen LogP contribution in [0.15, 0.2) is 18.2 Å². The van der Waals surface area contributed by atoms with Crippen molar-refractivity contribution in [1.29, 1.82) is 0 Å². The van der Waals surface area contributed by atoms with Crippen LogP contribution in [0.2, 0.25) is 10.0 Å². The Morgan fingerprint density at radius 2 is 2.17 bits per heavy atom. The van der Waals surface area contributed by atoms with Crippen LogP contribution in [0, 0.1) is 5.41 Å². The molecule has 2 N–H and O–H groups in total. The molecular weight excluding hydrogens is 267 g/mol. The molecule has 0 bridgehead atoms. The molecule has 0 radical (unpaired) electrons. The highest BCUT2D eigenvalue weighted by Crippen LogP contribution is 2.37. The molecular formula is C14H20Cl2N2. The van der Waals surface area contributed by atoms with Crippen molar-refractivity contribution in [3.63, 3.8) is 0 Å². The van der Waals surface area contributed by atoms with E-state index in [0.29, 0.717) is 0 Å². The second kappa shape index (κ2) is 5.38. The summed E-state index contributed by atoms with van der Waals surface area (Å²) in [5.41, 5.74) is 7.19. The van der Waals surface area contributed by atoms with Crippen molar-refractivity contribution in [3.8, 4) is 0 Å². The highest BCUT2D eigenvalue weighted by atomic mass is 35.5. The summed E-state index contributed by atoms with van der Waals surface area (Å²) >= 11 is 12.3. The third-order valence-electron chi connectivity index (χ3n) is 4.04. The molecule has 1 aromatic rings. The standard InChI is InChI=1S/C14H20Cl2N2/c1-10(12-7-11(15)3-4-13(12)16)18-6-5-14(2,8-17)9-18/h3-4,7,10H,5-6,8-9,17H2,1-2H3.